The number of hydrogen-bond donors (Lipinski definition) is 1. The molecular weight excluding hydrogens is 336 g/mol. The molecule has 8 atom stereocenters. The normalized spacial score (nSPS) is 51.3. The van der Waals surface area contributed by atoms with Gasteiger partial charge in [0, 0.05) is 23.2 Å². The van der Waals surface area contributed by atoms with E-state index in [9.17, 15) is 14.7 Å². The lowest BCUT2D eigenvalue weighted by Gasteiger charge is -2.60. The number of fused-ring (bicyclic) bond motifs is 5. The second-order valence-corrected chi connectivity index (χ2v) is 10.3. The van der Waals surface area contributed by atoms with Gasteiger partial charge in [0.2, 0.25) is 0 Å². The Morgan fingerprint density at radius 2 is 2.00 bits per heavy atom. The van der Waals surface area contributed by atoms with Gasteiger partial charge < -0.3 is 5.11 Å². The van der Waals surface area contributed by atoms with Crippen LogP contribution in [0.15, 0.2) is 23.8 Å². The standard InChI is InChI=1S/C24H34O3/c1-6-20(27)24(5)14(2)11-18-17-8-7-15-12-16(25)9-10-22(15,3)21(17)19(26)13-23(18,24)4/h9-10,12,14,17-19,21,26H,6-8,11,13H2,1-5H3/t14-,17?,18?,19?,21?,22?,23?,24-/m1/s1. The van der Waals surface area contributed by atoms with Crippen LogP contribution in [0.1, 0.15) is 66.7 Å². The molecule has 27 heavy (non-hydrogen) atoms. The first-order valence-corrected chi connectivity index (χ1v) is 10.7. The van der Waals surface area contributed by atoms with Gasteiger partial charge in [0.15, 0.2) is 5.78 Å². The zero-order valence-corrected chi connectivity index (χ0v) is 17.4. The molecule has 0 saturated heterocycles. The van der Waals surface area contributed by atoms with E-state index in [1.165, 1.54) is 5.57 Å². The maximum atomic E-state index is 13.1. The number of aliphatic hydroxyl groups excluding tert-OH is 1. The first-order chi connectivity index (χ1) is 12.6. The molecule has 4 aliphatic carbocycles. The van der Waals surface area contributed by atoms with Gasteiger partial charge in [-0.1, -0.05) is 46.3 Å². The van der Waals surface area contributed by atoms with E-state index in [1.54, 1.807) is 12.2 Å². The third-order valence-electron chi connectivity index (χ3n) is 9.57. The van der Waals surface area contributed by atoms with Crippen molar-refractivity contribution in [2.24, 2.45) is 39.9 Å². The van der Waals surface area contributed by atoms with Gasteiger partial charge >= 0.3 is 0 Å². The third-order valence-corrected chi connectivity index (χ3v) is 9.57. The molecule has 6 unspecified atom stereocenters. The van der Waals surface area contributed by atoms with Gasteiger partial charge in [0.1, 0.15) is 5.78 Å². The minimum atomic E-state index is -0.433. The Bertz CT molecular complexity index is 749. The summed E-state index contributed by atoms with van der Waals surface area (Å²) in [6.07, 6.45) is 9.41. The summed E-state index contributed by atoms with van der Waals surface area (Å²) in [7, 11) is 0. The molecule has 0 amide bonds. The zero-order chi connectivity index (χ0) is 19.8. The molecule has 4 aliphatic rings. The first-order valence-electron chi connectivity index (χ1n) is 10.7. The summed E-state index contributed by atoms with van der Waals surface area (Å²) < 4.78 is 0. The van der Waals surface area contributed by atoms with Crippen molar-refractivity contribution in [3.05, 3.63) is 23.8 Å². The molecule has 0 aromatic heterocycles. The van der Waals surface area contributed by atoms with E-state index in [-0.39, 0.29) is 27.9 Å². The van der Waals surface area contributed by atoms with Gasteiger partial charge in [0.25, 0.3) is 0 Å². The Labute approximate surface area is 163 Å². The molecular formula is C24H34O3. The van der Waals surface area contributed by atoms with E-state index in [4.69, 9.17) is 0 Å². The predicted octanol–water partition coefficient (Wildman–Crippen LogP) is 4.50. The average molecular weight is 371 g/mol. The fourth-order valence-electron chi connectivity index (χ4n) is 7.84. The molecule has 3 fully saturated rings. The molecule has 0 spiro atoms. The van der Waals surface area contributed by atoms with Crippen molar-refractivity contribution < 1.29 is 14.7 Å². The molecule has 3 heteroatoms. The number of ketones is 2. The Morgan fingerprint density at radius 1 is 1.30 bits per heavy atom. The maximum Gasteiger partial charge on any atom is 0.178 e. The zero-order valence-electron chi connectivity index (χ0n) is 17.4. The summed E-state index contributed by atoms with van der Waals surface area (Å²) in [6.45, 7) is 10.9. The van der Waals surface area contributed by atoms with Crippen molar-refractivity contribution in [3.8, 4) is 0 Å². The van der Waals surface area contributed by atoms with Crippen LogP contribution >= 0.6 is 0 Å². The van der Waals surface area contributed by atoms with Crippen molar-refractivity contribution in [1.29, 1.82) is 0 Å². The molecule has 0 heterocycles. The number of carbonyl (C=O) groups excluding carboxylic acids is 2. The van der Waals surface area contributed by atoms with Crippen LogP contribution in [0.2, 0.25) is 0 Å². The molecule has 0 aromatic rings. The molecule has 0 bridgehead atoms. The third kappa shape index (κ3) is 2.24. The largest absolute Gasteiger partial charge is 0.393 e. The van der Waals surface area contributed by atoms with E-state index >= 15 is 0 Å². The number of carbonyl (C=O) groups is 2. The summed E-state index contributed by atoms with van der Waals surface area (Å²) in [5, 5.41) is 11.4. The van der Waals surface area contributed by atoms with E-state index in [2.05, 4.69) is 33.8 Å². The van der Waals surface area contributed by atoms with E-state index in [0.29, 0.717) is 36.4 Å². The topological polar surface area (TPSA) is 54.4 Å². The highest BCUT2D eigenvalue weighted by molar-refractivity contribution is 6.01. The van der Waals surface area contributed by atoms with Gasteiger partial charge in [-0.2, -0.15) is 0 Å². The van der Waals surface area contributed by atoms with E-state index in [0.717, 1.165) is 19.3 Å². The van der Waals surface area contributed by atoms with Crippen LogP contribution < -0.4 is 0 Å². The number of allylic oxidation sites excluding steroid dienone is 4. The summed E-state index contributed by atoms with van der Waals surface area (Å²) in [5.74, 6) is 1.80. The molecule has 0 radical (unpaired) electrons. The lowest BCUT2D eigenvalue weighted by atomic mass is 9.44. The highest BCUT2D eigenvalue weighted by Crippen LogP contribution is 2.71. The minimum Gasteiger partial charge on any atom is -0.393 e. The maximum absolute atomic E-state index is 13.1. The van der Waals surface area contributed by atoms with Crippen molar-refractivity contribution in [1.82, 2.24) is 0 Å². The van der Waals surface area contributed by atoms with Crippen LogP contribution in [0.5, 0.6) is 0 Å². The molecule has 4 rings (SSSR count). The second kappa shape index (κ2) is 5.89. The lowest BCUT2D eigenvalue weighted by Crippen LogP contribution is -2.58. The van der Waals surface area contributed by atoms with Crippen molar-refractivity contribution in [2.75, 3.05) is 0 Å². The summed E-state index contributed by atoms with van der Waals surface area (Å²) in [4.78, 5) is 25.0. The van der Waals surface area contributed by atoms with Gasteiger partial charge in [-0.3, -0.25) is 9.59 Å². The number of hydrogen-bond acceptors (Lipinski definition) is 3. The molecule has 148 valence electrons. The lowest BCUT2D eigenvalue weighted by molar-refractivity contribution is -0.155. The van der Waals surface area contributed by atoms with Gasteiger partial charge in [-0.25, -0.2) is 0 Å². The van der Waals surface area contributed by atoms with Crippen LogP contribution in [-0.2, 0) is 9.59 Å². The van der Waals surface area contributed by atoms with Crippen LogP contribution in [0.25, 0.3) is 0 Å². The molecule has 1 N–H and O–H groups in total. The van der Waals surface area contributed by atoms with Crippen LogP contribution in [0.3, 0.4) is 0 Å². The van der Waals surface area contributed by atoms with Crippen molar-refractivity contribution >= 4 is 11.6 Å². The highest BCUT2D eigenvalue weighted by atomic mass is 16.3. The molecule has 3 nitrogen and oxygen atoms in total. The fraction of sp³-hybridized carbons (Fsp3) is 0.750. The summed E-state index contributed by atoms with van der Waals surface area (Å²) in [5.41, 5.74) is 0.464. The van der Waals surface area contributed by atoms with Crippen LogP contribution in [0, 0.1) is 39.9 Å². The Hall–Kier alpha value is -1.22. The van der Waals surface area contributed by atoms with E-state index < -0.39 is 6.10 Å². The summed E-state index contributed by atoms with van der Waals surface area (Å²) in [6, 6.07) is 0. The second-order valence-electron chi connectivity index (χ2n) is 10.3. The van der Waals surface area contributed by atoms with Gasteiger partial charge in [-0.15, -0.1) is 0 Å². The van der Waals surface area contributed by atoms with Crippen molar-refractivity contribution in [2.45, 2.75) is 72.8 Å². The number of rotatable bonds is 2. The monoisotopic (exact) mass is 370 g/mol. The summed E-state index contributed by atoms with van der Waals surface area (Å²) >= 11 is 0. The smallest absolute Gasteiger partial charge is 0.178 e. The molecule has 0 aliphatic heterocycles. The average Bonchev–Trinajstić information content (AvgIpc) is 2.82. The SMILES string of the molecule is CCC(=O)[C@@]1(C)[C@H](C)CC2C3CCC4=CC(=O)C=CC4(C)C3C(O)CC21C. The number of Topliss-reactive ketones (excluding diaryl/α,β-unsaturated/α-hetero) is 1. The minimum absolute atomic E-state index is 0.0756. The fourth-order valence-corrected chi connectivity index (χ4v) is 7.84. The Kier molecular flexibility index (Phi) is 4.17. The predicted molar refractivity (Wildman–Crippen MR) is 106 cm³/mol. The Morgan fingerprint density at radius 3 is 2.67 bits per heavy atom. The van der Waals surface area contributed by atoms with Gasteiger partial charge in [-0.05, 0) is 61.0 Å². The quantitative estimate of drug-likeness (QED) is 0.779. The molecule has 3 saturated carbocycles. The Balaban J connectivity index is 1.78. The van der Waals surface area contributed by atoms with Crippen molar-refractivity contribution in [3.63, 3.8) is 0 Å². The molecule has 0 aromatic carbocycles. The van der Waals surface area contributed by atoms with E-state index in [1.807, 2.05) is 6.92 Å². The van der Waals surface area contributed by atoms with Crippen LogP contribution in [0.4, 0.5) is 0 Å². The number of aliphatic hydroxyl groups is 1. The van der Waals surface area contributed by atoms with Gasteiger partial charge in [0.05, 0.1) is 6.10 Å². The van der Waals surface area contributed by atoms with Crippen LogP contribution in [-0.4, -0.2) is 22.8 Å². The highest BCUT2D eigenvalue weighted by Gasteiger charge is 2.68. The first kappa shape index (κ1) is 19.1.